The van der Waals surface area contributed by atoms with Gasteiger partial charge in [0.1, 0.15) is 12.4 Å². The average Bonchev–Trinajstić information content (AvgIpc) is 2.16. The number of rotatable bonds is 3. The molecule has 0 aliphatic heterocycles. The van der Waals surface area contributed by atoms with Crippen molar-refractivity contribution in [3.05, 3.63) is 29.3 Å². The van der Waals surface area contributed by atoms with Crippen LogP contribution in [0.2, 0.25) is 0 Å². The van der Waals surface area contributed by atoms with Crippen molar-refractivity contribution in [1.82, 2.24) is 0 Å². The van der Waals surface area contributed by atoms with Crippen LogP contribution in [0, 0.1) is 18.3 Å². The maximum atomic E-state index is 8.70. The van der Waals surface area contributed by atoms with Crippen LogP contribution in [0.15, 0.2) is 18.2 Å². The van der Waals surface area contributed by atoms with E-state index in [1.807, 2.05) is 19.9 Å². The molecular formula is C11H14N2O. The first-order valence-corrected chi connectivity index (χ1v) is 4.52. The first-order valence-electron chi connectivity index (χ1n) is 4.52. The molecule has 0 spiro atoms. The molecule has 74 valence electrons. The van der Waals surface area contributed by atoms with Gasteiger partial charge in [-0.3, -0.25) is 0 Å². The molecule has 3 nitrogen and oxygen atoms in total. The number of ether oxygens (including phenoxy) is 1. The molecule has 0 fully saturated rings. The summed E-state index contributed by atoms with van der Waals surface area (Å²) in [5, 5.41) is 8.70. The average molecular weight is 190 g/mol. The van der Waals surface area contributed by atoms with Crippen LogP contribution in [0.5, 0.6) is 5.75 Å². The molecule has 3 heteroatoms. The summed E-state index contributed by atoms with van der Waals surface area (Å²) in [7, 11) is 0. The first-order chi connectivity index (χ1) is 6.63. The van der Waals surface area contributed by atoms with Gasteiger partial charge in [0, 0.05) is 6.04 Å². The van der Waals surface area contributed by atoms with Gasteiger partial charge in [0.25, 0.3) is 0 Å². The lowest BCUT2D eigenvalue weighted by molar-refractivity contribution is 0.294. The smallest absolute Gasteiger partial charge is 0.123 e. The summed E-state index contributed by atoms with van der Waals surface area (Å²) in [5.41, 5.74) is 7.20. The second-order valence-electron chi connectivity index (χ2n) is 3.38. The Morgan fingerprint density at radius 2 is 2.29 bits per heavy atom. The monoisotopic (exact) mass is 190 g/mol. The Kier molecular flexibility index (Phi) is 3.49. The van der Waals surface area contributed by atoms with Crippen molar-refractivity contribution in [2.45, 2.75) is 19.9 Å². The fourth-order valence-electron chi connectivity index (χ4n) is 1.05. The van der Waals surface area contributed by atoms with Gasteiger partial charge in [-0.15, -0.1) is 0 Å². The molecule has 14 heavy (non-hydrogen) atoms. The SMILES string of the molecule is Cc1ccc(C#N)cc1OCC(C)N. The highest BCUT2D eigenvalue weighted by molar-refractivity contribution is 5.41. The van der Waals surface area contributed by atoms with E-state index in [9.17, 15) is 0 Å². The Morgan fingerprint density at radius 1 is 1.57 bits per heavy atom. The zero-order valence-corrected chi connectivity index (χ0v) is 8.45. The van der Waals surface area contributed by atoms with Gasteiger partial charge in [-0.1, -0.05) is 6.07 Å². The fourth-order valence-corrected chi connectivity index (χ4v) is 1.05. The van der Waals surface area contributed by atoms with Crippen LogP contribution in [0.4, 0.5) is 0 Å². The van der Waals surface area contributed by atoms with Crippen molar-refractivity contribution in [2.75, 3.05) is 6.61 Å². The zero-order chi connectivity index (χ0) is 10.6. The molecule has 1 aromatic carbocycles. The molecule has 0 aliphatic rings. The molecule has 0 radical (unpaired) electrons. The van der Waals surface area contributed by atoms with Crippen molar-refractivity contribution >= 4 is 0 Å². The molecule has 0 aromatic heterocycles. The van der Waals surface area contributed by atoms with Crippen LogP contribution in [-0.2, 0) is 0 Å². The summed E-state index contributed by atoms with van der Waals surface area (Å²) in [5.74, 6) is 0.737. The van der Waals surface area contributed by atoms with E-state index in [1.165, 1.54) is 0 Å². The number of aryl methyl sites for hydroxylation is 1. The predicted molar refractivity (Wildman–Crippen MR) is 55.0 cm³/mol. The minimum absolute atomic E-state index is 0.000131. The highest BCUT2D eigenvalue weighted by atomic mass is 16.5. The lowest BCUT2D eigenvalue weighted by Crippen LogP contribution is -2.23. The molecule has 1 unspecified atom stereocenters. The maximum Gasteiger partial charge on any atom is 0.123 e. The summed E-state index contributed by atoms with van der Waals surface area (Å²) < 4.78 is 5.46. The predicted octanol–water partition coefficient (Wildman–Crippen LogP) is 1.59. The third-order valence-electron chi connectivity index (χ3n) is 1.82. The maximum absolute atomic E-state index is 8.70. The molecular weight excluding hydrogens is 176 g/mol. The van der Waals surface area contributed by atoms with Gasteiger partial charge in [0.05, 0.1) is 11.6 Å². The van der Waals surface area contributed by atoms with Crippen LogP contribution >= 0.6 is 0 Å². The largest absolute Gasteiger partial charge is 0.492 e. The van der Waals surface area contributed by atoms with Gasteiger partial charge in [0.2, 0.25) is 0 Å². The topological polar surface area (TPSA) is 59.0 Å². The Labute approximate surface area is 84.1 Å². The van der Waals surface area contributed by atoms with Gasteiger partial charge in [-0.25, -0.2) is 0 Å². The Bertz CT molecular complexity index is 353. The number of hydrogen-bond acceptors (Lipinski definition) is 3. The van der Waals surface area contributed by atoms with Crippen LogP contribution in [0.3, 0.4) is 0 Å². The van der Waals surface area contributed by atoms with E-state index in [0.717, 1.165) is 11.3 Å². The third-order valence-corrected chi connectivity index (χ3v) is 1.82. The summed E-state index contributed by atoms with van der Waals surface area (Å²) in [6, 6.07) is 7.45. The molecule has 0 saturated heterocycles. The Hall–Kier alpha value is -1.53. The molecule has 1 atom stereocenters. The van der Waals surface area contributed by atoms with E-state index in [0.29, 0.717) is 12.2 Å². The summed E-state index contributed by atoms with van der Waals surface area (Å²) >= 11 is 0. The molecule has 0 amide bonds. The lowest BCUT2D eigenvalue weighted by atomic mass is 10.1. The number of hydrogen-bond donors (Lipinski definition) is 1. The van der Waals surface area contributed by atoms with E-state index in [1.54, 1.807) is 12.1 Å². The van der Waals surface area contributed by atoms with Gasteiger partial charge < -0.3 is 10.5 Å². The summed E-state index contributed by atoms with van der Waals surface area (Å²) in [6.07, 6.45) is 0. The van der Waals surface area contributed by atoms with Gasteiger partial charge in [0.15, 0.2) is 0 Å². The summed E-state index contributed by atoms with van der Waals surface area (Å²) in [4.78, 5) is 0. The lowest BCUT2D eigenvalue weighted by Gasteiger charge is -2.11. The van der Waals surface area contributed by atoms with Crippen LogP contribution in [0.1, 0.15) is 18.1 Å². The molecule has 0 heterocycles. The number of benzene rings is 1. The molecule has 0 saturated carbocycles. The molecule has 0 aliphatic carbocycles. The Morgan fingerprint density at radius 3 is 2.86 bits per heavy atom. The highest BCUT2D eigenvalue weighted by Crippen LogP contribution is 2.19. The zero-order valence-electron chi connectivity index (χ0n) is 8.45. The van der Waals surface area contributed by atoms with Crippen LogP contribution < -0.4 is 10.5 Å². The Balaban J connectivity index is 2.80. The number of nitrogens with two attached hydrogens (primary N) is 1. The van der Waals surface area contributed by atoms with Gasteiger partial charge in [-0.05, 0) is 31.5 Å². The van der Waals surface area contributed by atoms with Gasteiger partial charge >= 0.3 is 0 Å². The fraction of sp³-hybridized carbons (Fsp3) is 0.364. The van der Waals surface area contributed by atoms with Crippen molar-refractivity contribution in [2.24, 2.45) is 5.73 Å². The third kappa shape index (κ3) is 2.75. The number of nitrogens with zero attached hydrogens (tertiary/aromatic N) is 1. The minimum Gasteiger partial charge on any atom is -0.492 e. The van der Waals surface area contributed by atoms with E-state index >= 15 is 0 Å². The van der Waals surface area contributed by atoms with Crippen LogP contribution in [-0.4, -0.2) is 12.6 Å². The standard InChI is InChI=1S/C11H14N2O/c1-8-3-4-10(6-12)5-11(8)14-7-9(2)13/h3-5,9H,7,13H2,1-2H3. The van der Waals surface area contributed by atoms with Crippen molar-refractivity contribution in [1.29, 1.82) is 5.26 Å². The van der Waals surface area contributed by atoms with E-state index in [-0.39, 0.29) is 6.04 Å². The second kappa shape index (κ2) is 4.64. The highest BCUT2D eigenvalue weighted by Gasteiger charge is 2.02. The second-order valence-corrected chi connectivity index (χ2v) is 3.38. The normalized spacial score (nSPS) is 11.9. The van der Waals surface area contributed by atoms with Crippen molar-refractivity contribution in [3.8, 4) is 11.8 Å². The van der Waals surface area contributed by atoms with Crippen molar-refractivity contribution in [3.63, 3.8) is 0 Å². The van der Waals surface area contributed by atoms with E-state index < -0.39 is 0 Å². The van der Waals surface area contributed by atoms with Crippen molar-refractivity contribution < 1.29 is 4.74 Å². The van der Waals surface area contributed by atoms with Crippen LogP contribution in [0.25, 0.3) is 0 Å². The first kappa shape index (κ1) is 10.6. The van der Waals surface area contributed by atoms with Gasteiger partial charge in [-0.2, -0.15) is 5.26 Å². The molecule has 1 aromatic rings. The summed E-state index contributed by atoms with van der Waals surface area (Å²) in [6.45, 7) is 4.29. The molecule has 0 bridgehead atoms. The van der Waals surface area contributed by atoms with E-state index in [4.69, 9.17) is 15.7 Å². The van der Waals surface area contributed by atoms with E-state index in [2.05, 4.69) is 6.07 Å². The molecule has 2 N–H and O–H groups in total. The number of nitriles is 1. The quantitative estimate of drug-likeness (QED) is 0.787. The minimum atomic E-state index is 0.000131. The molecule has 1 rings (SSSR count).